The molecule has 0 aliphatic heterocycles. The lowest BCUT2D eigenvalue weighted by atomic mass is 10.4. The van der Waals surface area contributed by atoms with Gasteiger partial charge in [0.2, 0.25) is 0 Å². The Balaban J connectivity index is 2.68. The summed E-state index contributed by atoms with van der Waals surface area (Å²) in [6.07, 6.45) is 7.19. The maximum Gasteiger partial charge on any atom is 0.330 e. The summed E-state index contributed by atoms with van der Waals surface area (Å²) in [6.45, 7) is 1.98. The Bertz CT molecular complexity index is 361. The molecule has 2 nitrogen and oxygen atoms in total. The molecule has 0 bridgehead atoms. The molecular formula is C11H12O2S. The van der Waals surface area contributed by atoms with Crippen LogP contribution in [0.4, 0.5) is 0 Å². The molecule has 0 amide bonds. The predicted octanol–water partition coefficient (Wildman–Crippen LogP) is 2.97. The second kappa shape index (κ2) is 5.40. The van der Waals surface area contributed by atoms with E-state index in [4.69, 9.17) is 0 Å². The summed E-state index contributed by atoms with van der Waals surface area (Å²) >= 11 is 1.63. The molecule has 0 spiro atoms. The van der Waals surface area contributed by atoms with Gasteiger partial charge in [0.05, 0.1) is 7.11 Å². The number of methoxy groups -OCH3 is 1. The predicted molar refractivity (Wildman–Crippen MR) is 60.1 cm³/mol. The number of esters is 1. The summed E-state index contributed by atoms with van der Waals surface area (Å²) in [6, 6.07) is 3.99. The molecule has 1 heterocycles. The van der Waals surface area contributed by atoms with Crippen molar-refractivity contribution in [1.29, 1.82) is 0 Å². The van der Waals surface area contributed by atoms with Crippen LogP contribution in [0, 0.1) is 0 Å². The van der Waals surface area contributed by atoms with Gasteiger partial charge in [-0.3, -0.25) is 0 Å². The Morgan fingerprint density at radius 1 is 1.36 bits per heavy atom. The molecule has 0 saturated carbocycles. The lowest BCUT2D eigenvalue weighted by Crippen LogP contribution is -1.92. The molecule has 0 aromatic carbocycles. The summed E-state index contributed by atoms with van der Waals surface area (Å²) in [7, 11) is 1.37. The van der Waals surface area contributed by atoms with Crippen molar-refractivity contribution in [3.05, 3.63) is 34.0 Å². The standard InChI is InChI=1S/C11H12O2S/c1-3-4-9-5-6-10(14-9)7-8-11(12)13-2/h3-8H,1-2H3/b4-3?,8-7+. The molecule has 74 valence electrons. The molecule has 0 saturated heterocycles. The second-order valence-corrected chi connectivity index (χ2v) is 3.74. The fraction of sp³-hybridized carbons (Fsp3) is 0.182. The van der Waals surface area contributed by atoms with E-state index < -0.39 is 0 Å². The van der Waals surface area contributed by atoms with Crippen LogP contribution < -0.4 is 0 Å². The highest BCUT2D eigenvalue weighted by Crippen LogP contribution is 2.19. The quantitative estimate of drug-likeness (QED) is 0.564. The van der Waals surface area contributed by atoms with Crippen LogP contribution in [0.5, 0.6) is 0 Å². The maximum absolute atomic E-state index is 10.8. The molecule has 0 aliphatic rings. The third-order valence-corrected chi connectivity index (χ3v) is 2.58. The van der Waals surface area contributed by atoms with E-state index in [-0.39, 0.29) is 5.97 Å². The van der Waals surface area contributed by atoms with Crippen LogP contribution in [0.15, 0.2) is 24.3 Å². The van der Waals surface area contributed by atoms with E-state index in [1.165, 1.54) is 18.1 Å². The smallest absolute Gasteiger partial charge is 0.330 e. The van der Waals surface area contributed by atoms with Crippen molar-refractivity contribution in [3.8, 4) is 0 Å². The van der Waals surface area contributed by atoms with Gasteiger partial charge in [-0.15, -0.1) is 11.3 Å². The van der Waals surface area contributed by atoms with Gasteiger partial charge in [0.1, 0.15) is 0 Å². The highest BCUT2D eigenvalue weighted by Gasteiger charge is 1.95. The Hall–Kier alpha value is -1.35. The van der Waals surface area contributed by atoms with Gasteiger partial charge >= 0.3 is 5.97 Å². The van der Waals surface area contributed by atoms with Gasteiger partial charge in [-0.25, -0.2) is 4.79 Å². The summed E-state index contributed by atoms with van der Waals surface area (Å²) < 4.78 is 4.49. The van der Waals surface area contributed by atoms with E-state index in [1.54, 1.807) is 17.4 Å². The first-order valence-electron chi connectivity index (χ1n) is 4.25. The van der Waals surface area contributed by atoms with Gasteiger partial charge < -0.3 is 4.74 Å². The van der Waals surface area contributed by atoms with Crippen LogP contribution in [0.3, 0.4) is 0 Å². The third kappa shape index (κ3) is 3.18. The third-order valence-electron chi connectivity index (χ3n) is 1.56. The molecule has 0 N–H and O–H groups in total. The highest BCUT2D eigenvalue weighted by molar-refractivity contribution is 7.13. The average molecular weight is 208 g/mol. The first-order valence-corrected chi connectivity index (χ1v) is 5.06. The Kier molecular flexibility index (Phi) is 4.13. The van der Waals surface area contributed by atoms with Crippen molar-refractivity contribution < 1.29 is 9.53 Å². The molecule has 0 unspecified atom stereocenters. The van der Waals surface area contributed by atoms with Gasteiger partial charge in [0.25, 0.3) is 0 Å². The van der Waals surface area contributed by atoms with Crippen LogP contribution in [-0.2, 0) is 9.53 Å². The number of ether oxygens (including phenoxy) is 1. The normalized spacial score (nSPS) is 11.3. The number of carbonyl (C=O) groups excluding carboxylic acids is 1. The molecule has 1 aromatic rings. The fourth-order valence-corrected chi connectivity index (χ4v) is 1.81. The SMILES string of the molecule is CC=Cc1ccc(/C=C/C(=O)OC)s1. The Morgan fingerprint density at radius 2 is 2.00 bits per heavy atom. The molecule has 0 atom stereocenters. The van der Waals surface area contributed by atoms with Crippen LogP contribution in [0.1, 0.15) is 16.7 Å². The minimum atomic E-state index is -0.328. The van der Waals surface area contributed by atoms with Crippen LogP contribution >= 0.6 is 11.3 Å². The van der Waals surface area contributed by atoms with Crippen molar-refractivity contribution in [3.63, 3.8) is 0 Å². The molecule has 14 heavy (non-hydrogen) atoms. The van der Waals surface area contributed by atoms with Gasteiger partial charge in [-0.05, 0) is 31.2 Å². The number of allylic oxidation sites excluding steroid dienone is 1. The van der Waals surface area contributed by atoms with Crippen LogP contribution in [-0.4, -0.2) is 13.1 Å². The average Bonchev–Trinajstić information content (AvgIpc) is 2.63. The van der Waals surface area contributed by atoms with Gasteiger partial charge in [-0.2, -0.15) is 0 Å². The minimum Gasteiger partial charge on any atom is -0.466 e. The largest absolute Gasteiger partial charge is 0.466 e. The van der Waals surface area contributed by atoms with E-state index in [0.29, 0.717) is 0 Å². The number of carbonyl (C=O) groups is 1. The van der Waals surface area contributed by atoms with Crippen LogP contribution in [0.2, 0.25) is 0 Å². The molecule has 1 rings (SSSR count). The molecule has 1 aromatic heterocycles. The van der Waals surface area contributed by atoms with Crippen molar-refractivity contribution in [1.82, 2.24) is 0 Å². The summed E-state index contributed by atoms with van der Waals surface area (Å²) in [5.74, 6) is -0.328. The van der Waals surface area contributed by atoms with E-state index in [0.717, 1.165) is 4.88 Å². The maximum atomic E-state index is 10.8. The molecule has 0 fully saturated rings. The van der Waals surface area contributed by atoms with Gasteiger partial charge in [0, 0.05) is 15.8 Å². The van der Waals surface area contributed by atoms with Gasteiger partial charge in [0.15, 0.2) is 0 Å². The Labute approximate surface area is 87.5 Å². The lowest BCUT2D eigenvalue weighted by molar-refractivity contribution is -0.134. The van der Waals surface area contributed by atoms with E-state index in [2.05, 4.69) is 4.74 Å². The molecule has 0 radical (unpaired) electrons. The second-order valence-electron chi connectivity index (χ2n) is 2.60. The fourth-order valence-electron chi connectivity index (χ4n) is 0.930. The highest BCUT2D eigenvalue weighted by atomic mass is 32.1. The minimum absolute atomic E-state index is 0.328. The first kappa shape index (κ1) is 10.7. The monoisotopic (exact) mass is 208 g/mol. The summed E-state index contributed by atoms with van der Waals surface area (Å²) in [5, 5.41) is 0. The zero-order valence-electron chi connectivity index (χ0n) is 8.19. The number of rotatable bonds is 3. The topological polar surface area (TPSA) is 26.3 Å². The van der Waals surface area contributed by atoms with E-state index in [1.807, 2.05) is 31.2 Å². The zero-order chi connectivity index (χ0) is 10.4. The Morgan fingerprint density at radius 3 is 2.57 bits per heavy atom. The van der Waals surface area contributed by atoms with E-state index >= 15 is 0 Å². The van der Waals surface area contributed by atoms with Crippen molar-refractivity contribution in [2.75, 3.05) is 7.11 Å². The first-order chi connectivity index (χ1) is 6.76. The van der Waals surface area contributed by atoms with E-state index in [9.17, 15) is 4.79 Å². The number of hydrogen-bond acceptors (Lipinski definition) is 3. The molecule has 0 aliphatic carbocycles. The molecule has 3 heteroatoms. The number of thiophene rings is 1. The van der Waals surface area contributed by atoms with Crippen molar-refractivity contribution in [2.24, 2.45) is 0 Å². The summed E-state index contributed by atoms with van der Waals surface area (Å²) in [4.78, 5) is 13.0. The van der Waals surface area contributed by atoms with Crippen LogP contribution in [0.25, 0.3) is 12.2 Å². The lowest BCUT2D eigenvalue weighted by Gasteiger charge is -1.87. The zero-order valence-corrected chi connectivity index (χ0v) is 9.01. The van der Waals surface area contributed by atoms with Crippen molar-refractivity contribution >= 4 is 29.5 Å². The molecular weight excluding hydrogens is 196 g/mol. The van der Waals surface area contributed by atoms with Gasteiger partial charge in [-0.1, -0.05) is 6.08 Å². The number of hydrogen-bond donors (Lipinski definition) is 0. The van der Waals surface area contributed by atoms with Crippen molar-refractivity contribution in [2.45, 2.75) is 6.92 Å². The summed E-state index contributed by atoms with van der Waals surface area (Å²) in [5.41, 5.74) is 0.